The summed E-state index contributed by atoms with van der Waals surface area (Å²) in [6.07, 6.45) is 1.58. The highest BCUT2D eigenvalue weighted by atomic mass is 32.2. The zero-order valence-electron chi connectivity index (χ0n) is 16.9. The summed E-state index contributed by atoms with van der Waals surface area (Å²) in [6.45, 7) is 9.49. The van der Waals surface area contributed by atoms with Crippen molar-refractivity contribution in [2.24, 2.45) is 7.05 Å². The molecular formula is C20H28FN3O2S. The molecule has 1 heterocycles. The molecule has 2 aromatic rings. The van der Waals surface area contributed by atoms with Gasteiger partial charge in [-0.15, -0.1) is 4.72 Å². The topological polar surface area (TPSA) is 70.0 Å². The van der Waals surface area contributed by atoms with Crippen LogP contribution in [0.5, 0.6) is 0 Å². The molecule has 0 amide bonds. The molecule has 148 valence electrons. The van der Waals surface area contributed by atoms with Crippen LogP contribution in [0.15, 0.2) is 16.9 Å². The van der Waals surface area contributed by atoms with Crippen LogP contribution in [0.3, 0.4) is 0 Å². The van der Waals surface area contributed by atoms with Gasteiger partial charge in [0.1, 0.15) is 10.6 Å². The van der Waals surface area contributed by atoms with Gasteiger partial charge < -0.3 is 4.55 Å². The maximum atomic E-state index is 15.1. The van der Waals surface area contributed by atoms with Crippen molar-refractivity contribution in [1.29, 1.82) is 0 Å². The third-order valence-corrected chi connectivity index (χ3v) is 6.89. The summed E-state index contributed by atoms with van der Waals surface area (Å²) >= 11 is -1.28. The maximum absolute atomic E-state index is 15.1. The molecule has 0 bridgehead atoms. The van der Waals surface area contributed by atoms with Gasteiger partial charge in [-0.25, -0.2) is 9.37 Å². The van der Waals surface area contributed by atoms with E-state index >= 15 is 4.39 Å². The molecule has 1 aromatic heterocycles. The number of nitrogens with zero attached hydrogens (tertiary/aromatic N) is 2. The largest absolute Gasteiger partial charge is 0.598 e. The number of alkyl halides is 1. The summed E-state index contributed by atoms with van der Waals surface area (Å²) in [5.74, 6) is 0.195. The first kappa shape index (κ1) is 20.3. The lowest BCUT2D eigenvalue weighted by atomic mass is 9.81. The number of nitrogens with one attached hydrogen (secondary N) is 1. The number of benzene rings is 1. The molecule has 2 atom stereocenters. The van der Waals surface area contributed by atoms with Crippen molar-refractivity contribution in [2.45, 2.75) is 70.3 Å². The zero-order chi connectivity index (χ0) is 20.1. The van der Waals surface area contributed by atoms with Crippen molar-refractivity contribution in [3.63, 3.8) is 0 Å². The maximum Gasteiger partial charge on any atom is 0.261 e. The van der Waals surface area contributed by atoms with E-state index < -0.39 is 21.8 Å². The van der Waals surface area contributed by atoms with Gasteiger partial charge in [0.15, 0.2) is 5.67 Å². The standard InChI is InChI=1S/C20H28FN3O2S/c1-12-10-14(13(2)23-27(26)19(3,4)5)16-15(11-12)17(25)24(6)18(22-16)20(21)8-7-9-20/h10-11,13,23H,7-9H2,1-6H3. The van der Waals surface area contributed by atoms with Crippen molar-refractivity contribution in [3.05, 3.63) is 39.4 Å². The molecule has 0 saturated heterocycles. The van der Waals surface area contributed by atoms with Gasteiger partial charge in [-0.3, -0.25) is 9.36 Å². The van der Waals surface area contributed by atoms with Crippen LogP contribution in [0.2, 0.25) is 0 Å². The van der Waals surface area contributed by atoms with Gasteiger partial charge in [0.2, 0.25) is 0 Å². The SMILES string of the molecule is Cc1cc(C(C)N[S+]([O-])C(C)(C)C)c2nc(C3(F)CCC3)n(C)c(=O)c2c1. The summed E-state index contributed by atoms with van der Waals surface area (Å²) in [7, 11) is 1.59. The summed E-state index contributed by atoms with van der Waals surface area (Å²) in [5.41, 5.74) is 0.402. The van der Waals surface area contributed by atoms with Crippen molar-refractivity contribution in [2.75, 3.05) is 0 Å². The lowest BCUT2D eigenvalue weighted by Crippen LogP contribution is -2.41. The molecule has 7 heteroatoms. The van der Waals surface area contributed by atoms with Crippen LogP contribution in [-0.2, 0) is 24.1 Å². The van der Waals surface area contributed by atoms with E-state index in [2.05, 4.69) is 9.71 Å². The molecule has 1 saturated carbocycles. The second kappa shape index (κ2) is 6.87. The van der Waals surface area contributed by atoms with Gasteiger partial charge >= 0.3 is 0 Å². The molecule has 3 rings (SSSR count). The average molecular weight is 394 g/mol. The highest BCUT2D eigenvalue weighted by molar-refractivity contribution is 7.90. The van der Waals surface area contributed by atoms with Gasteiger partial charge in [0, 0.05) is 24.0 Å². The Morgan fingerprint density at radius 1 is 1.37 bits per heavy atom. The van der Waals surface area contributed by atoms with Gasteiger partial charge in [-0.05, 0) is 65.5 Å². The molecule has 1 N–H and O–H groups in total. The van der Waals surface area contributed by atoms with Gasteiger partial charge in [0.05, 0.1) is 16.9 Å². The predicted octanol–water partition coefficient (Wildman–Crippen LogP) is 3.70. The Labute approximate surface area is 162 Å². The van der Waals surface area contributed by atoms with Crippen LogP contribution in [0.25, 0.3) is 10.9 Å². The monoisotopic (exact) mass is 393 g/mol. The van der Waals surface area contributed by atoms with E-state index in [1.54, 1.807) is 13.1 Å². The molecule has 1 aliphatic rings. The Morgan fingerprint density at radius 2 is 2.00 bits per heavy atom. The van der Waals surface area contributed by atoms with Crippen LogP contribution in [-0.4, -0.2) is 18.9 Å². The molecule has 0 radical (unpaired) electrons. The number of rotatable bonds is 4. The minimum absolute atomic E-state index is 0.195. The fraction of sp³-hybridized carbons (Fsp3) is 0.600. The molecule has 5 nitrogen and oxygen atoms in total. The molecule has 27 heavy (non-hydrogen) atoms. The Kier molecular flexibility index (Phi) is 5.16. The van der Waals surface area contributed by atoms with Crippen LogP contribution in [0.1, 0.15) is 70.0 Å². The first-order valence-corrected chi connectivity index (χ1v) is 10.5. The molecule has 1 fully saturated rings. The van der Waals surface area contributed by atoms with E-state index in [9.17, 15) is 9.35 Å². The van der Waals surface area contributed by atoms with Gasteiger partial charge in [0.25, 0.3) is 5.56 Å². The Balaban J connectivity index is 2.16. The zero-order valence-corrected chi connectivity index (χ0v) is 17.7. The number of fused-ring (bicyclic) bond motifs is 1. The number of aromatic nitrogens is 2. The summed E-state index contributed by atoms with van der Waals surface area (Å²) < 4.78 is 31.7. The first-order valence-electron chi connectivity index (χ1n) is 9.33. The fourth-order valence-corrected chi connectivity index (χ4v) is 4.20. The van der Waals surface area contributed by atoms with E-state index in [1.165, 1.54) is 4.57 Å². The van der Waals surface area contributed by atoms with Crippen LogP contribution < -0.4 is 10.3 Å². The van der Waals surface area contributed by atoms with Crippen molar-refractivity contribution in [3.8, 4) is 0 Å². The summed E-state index contributed by atoms with van der Waals surface area (Å²) in [5, 5.41) is 0.467. The Bertz CT molecular complexity index is 931. The second-order valence-corrected chi connectivity index (χ2v) is 10.6. The normalized spacial score (nSPS) is 19.0. The Hall–Kier alpha value is -1.44. The molecule has 1 aromatic carbocycles. The number of hydrogen-bond donors (Lipinski definition) is 1. The molecule has 0 spiro atoms. The van der Waals surface area contributed by atoms with Gasteiger partial charge in [-0.2, -0.15) is 0 Å². The van der Waals surface area contributed by atoms with Crippen LogP contribution >= 0.6 is 0 Å². The van der Waals surface area contributed by atoms with Crippen LogP contribution in [0, 0.1) is 6.92 Å². The van der Waals surface area contributed by atoms with Crippen LogP contribution in [0.4, 0.5) is 4.39 Å². The molecular weight excluding hydrogens is 365 g/mol. The lowest BCUT2D eigenvalue weighted by Gasteiger charge is -2.34. The van der Waals surface area contributed by atoms with Gasteiger partial charge in [-0.1, -0.05) is 6.07 Å². The first-order chi connectivity index (χ1) is 12.4. The van der Waals surface area contributed by atoms with E-state index in [0.29, 0.717) is 23.7 Å². The molecule has 2 unspecified atom stereocenters. The number of aryl methyl sites for hydroxylation is 1. The summed E-state index contributed by atoms with van der Waals surface area (Å²) in [4.78, 5) is 17.5. The average Bonchev–Trinajstić information content (AvgIpc) is 2.54. The Morgan fingerprint density at radius 3 is 2.52 bits per heavy atom. The third-order valence-electron chi connectivity index (χ3n) is 5.21. The van der Waals surface area contributed by atoms with E-state index in [4.69, 9.17) is 0 Å². The van der Waals surface area contributed by atoms with Crippen molar-refractivity contribution < 1.29 is 8.94 Å². The highest BCUT2D eigenvalue weighted by Crippen LogP contribution is 2.44. The molecule has 0 aliphatic heterocycles. The van der Waals surface area contributed by atoms with E-state index in [0.717, 1.165) is 17.5 Å². The van der Waals surface area contributed by atoms with Crippen molar-refractivity contribution in [1.82, 2.24) is 14.3 Å². The fourth-order valence-electron chi connectivity index (χ4n) is 3.39. The minimum Gasteiger partial charge on any atom is -0.598 e. The van der Waals surface area contributed by atoms with Crippen molar-refractivity contribution >= 4 is 22.3 Å². The predicted molar refractivity (Wildman–Crippen MR) is 108 cm³/mol. The second-order valence-electron chi connectivity index (χ2n) is 8.59. The number of halogens is 1. The molecule has 1 aliphatic carbocycles. The lowest BCUT2D eigenvalue weighted by molar-refractivity contribution is 0.0465. The minimum atomic E-state index is -1.53. The third kappa shape index (κ3) is 3.65. The summed E-state index contributed by atoms with van der Waals surface area (Å²) in [6, 6.07) is 3.43. The smallest absolute Gasteiger partial charge is 0.261 e. The van der Waals surface area contributed by atoms with E-state index in [1.807, 2.05) is 40.7 Å². The quantitative estimate of drug-likeness (QED) is 0.804. The van der Waals surface area contributed by atoms with E-state index in [-0.39, 0.29) is 17.4 Å². The number of hydrogen-bond acceptors (Lipinski definition) is 4. The highest BCUT2D eigenvalue weighted by Gasteiger charge is 2.43.